The number of thioether (sulfide) groups is 1. The molecule has 1 saturated heterocycles. The summed E-state index contributed by atoms with van der Waals surface area (Å²) in [5, 5.41) is 10.8. The summed E-state index contributed by atoms with van der Waals surface area (Å²) >= 11 is 6.45. The van der Waals surface area contributed by atoms with Crippen LogP contribution in [0.15, 0.2) is 29.2 Å². The third kappa shape index (κ3) is 3.68. The number of nitro benzene ring substituents is 1. The van der Waals surface area contributed by atoms with Gasteiger partial charge in [0.2, 0.25) is 0 Å². The maximum atomic E-state index is 12.3. The highest BCUT2D eigenvalue weighted by Gasteiger charge is 2.32. The van der Waals surface area contributed by atoms with Gasteiger partial charge < -0.3 is 0 Å². The van der Waals surface area contributed by atoms with E-state index in [-0.39, 0.29) is 11.6 Å². The van der Waals surface area contributed by atoms with Gasteiger partial charge in [-0.15, -0.1) is 0 Å². The SMILES string of the molecule is CC(C)CN1C(=O)/C(=C/c2cccc([N+](=O)[O-])c2)SC1=S. The van der Waals surface area contributed by atoms with E-state index in [0.29, 0.717) is 27.3 Å². The van der Waals surface area contributed by atoms with E-state index in [4.69, 9.17) is 12.2 Å². The molecule has 7 heteroatoms. The number of amides is 1. The summed E-state index contributed by atoms with van der Waals surface area (Å²) in [6, 6.07) is 6.18. The minimum atomic E-state index is -0.457. The Morgan fingerprint density at radius 3 is 2.81 bits per heavy atom. The van der Waals surface area contributed by atoms with Gasteiger partial charge in [-0.3, -0.25) is 19.8 Å². The van der Waals surface area contributed by atoms with Crippen molar-refractivity contribution in [2.45, 2.75) is 13.8 Å². The number of nitrogens with zero attached hydrogens (tertiary/aromatic N) is 2. The Labute approximate surface area is 132 Å². The van der Waals surface area contributed by atoms with Crippen molar-refractivity contribution in [3.8, 4) is 0 Å². The highest BCUT2D eigenvalue weighted by molar-refractivity contribution is 8.26. The molecule has 0 aliphatic carbocycles. The van der Waals surface area contributed by atoms with Crippen molar-refractivity contribution in [3.63, 3.8) is 0 Å². The van der Waals surface area contributed by atoms with Crippen LogP contribution < -0.4 is 0 Å². The summed E-state index contributed by atoms with van der Waals surface area (Å²) in [5.41, 5.74) is 0.621. The molecule has 5 nitrogen and oxygen atoms in total. The largest absolute Gasteiger partial charge is 0.293 e. The van der Waals surface area contributed by atoms with Gasteiger partial charge in [-0.2, -0.15) is 0 Å². The van der Waals surface area contributed by atoms with Crippen molar-refractivity contribution in [3.05, 3.63) is 44.8 Å². The molecule has 1 amide bonds. The van der Waals surface area contributed by atoms with Gasteiger partial charge >= 0.3 is 0 Å². The molecule has 21 heavy (non-hydrogen) atoms. The maximum absolute atomic E-state index is 12.3. The van der Waals surface area contributed by atoms with E-state index < -0.39 is 4.92 Å². The first kappa shape index (κ1) is 15.7. The molecule has 0 unspecified atom stereocenters. The number of hydrogen-bond acceptors (Lipinski definition) is 5. The van der Waals surface area contributed by atoms with Crippen molar-refractivity contribution in [1.82, 2.24) is 4.90 Å². The fraction of sp³-hybridized carbons (Fsp3) is 0.286. The molecule has 1 aromatic rings. The Morgan fingerprint density at radius 2 is 2.19 bits per heavy atom. The summed E-state index contributed by atoms with van der Waals surface area (Å²) < 4.78 is 0.533. The smallest absolute Gasteiger partial charge is 0.270 e. The van der Waals surface area contributed by atoms with Crippen molar-refractivity contribution in [1.29, 1.82) is 0 Å². The standard InChI is InChI=1S/C14H14N2O3S2/c1-9(2)8-15-13(17)12(21-14(15)20)7-10-4-3-5-11(6-10)16(18)19/h3-7,9H,8H2,1-2H3/b12-7-. The van der Waals surface area contributed by atoms with Crippen LogP contribution in [0.4, 0.5) is 5.69 Å². The summed E-state index contributed by atoms with van der Waals surface area (Å²) in [6.07, 6.45) is 1.65. The van der Waals surface area contributed by atoms with E-state index in [0.717, 1.165) is 0 Å². The van der Waals surface area contributed by atoms with Gasteiger partial charge in [-0.05, 0) is 17.6 Å². The highest BCUT2D eigenvalue weighted by atomic mass is 32.2. The number of carbonyl (C=O) groups is 1. The van der Waals surface area contributed by atoms with Crippen LogP contribution in [0.3, 0.4) is 0 Å². The Bertz CT molecular complexity index is 641. The molecule has 0 aromatic heterocycles. The summed E-state index contributed by atoms with van der Waals surface area (Å²) in [5.74, 6) is 0.190. The van der Waals surface area contributed by atoms with E-state index in [1.54, 1.807) is 23.1 Å². The normalized spacial score (nSPS) is 17.1. The fourth-order valence-corrected chi connectivity index (χ4v) is 3.18. The molecule has 110 valence electrons. The molecule has 1 aliphatic heterocycles. The van der Waals surface area contributed by atoms with Crippen LogP contribution in [-0.2, 0) is 4.79 Å². The minimum absolute atomic E-state index is 0.00130. The topological polar surface area (TPSA) is 63.5 Å². The predicted octanol–water partition coefficient (Wildman–Crippen LogP) is 3.45. The molecule has 1 aliphatic rings. The first-order valence-electron chi connectivity index (χ1n) is 6.38. The molecule has 0 radical (unpaired) electrons. The minimum Gasteiger partial charge on any atom is -0.293 e. The summed E-state index contributed by atoms with van der Waals surface area (Å²) in [4.78, 5) is 24.7. The van der Waals surface area contributed by atoms with Gasteiger partial charge in [0.05, 0.1) is 9.83 Å². The molecule has 1 fully saturated rings. The number of thiocarbonyl (C=S) groups is 1. The molecule has 0 N–H and O–H groups in total. The molecule has 1 aromatic carbocycles. The fourth-order valence-electron chi connectivity index (χ4n) is 1.90. The molecule has 1 heterocycles. The molecule has 0 atom stereocenters. The average molecular weight is 322 g/mol. The maximum Gasteiger partial charge on any atom is 0.270 e. The number of benzene rings is 1. The lowest BCUT2D eigenvalue weighted by Crippen LogP contribution is -2.31. The van der Waals surface area contributed by atoms with Crippen molar-refractivity contribution in [2.24, 2.45) is 5.92 Å². The Balaban J connectivity index is 2.26. The second-order valence-corrected chi connectivity index (χ2v) is 6.71. The lowest BCUT2D eigenvalue weighted by Gasteiger charge is -2.16. The lowest BCUT2D eigenvalue weighted by atomic mass is 10.2. The van der Waals surface area contributed by atoms with Crippen LogP contribution in [0.2, 0.25) is 0 Å². The van der Waals surface area contributed by atoms with Crippen LogP contribution in [0.25, 0.3) is 6.08 Å². The quantitative estimate of drug-likeness (QED) is 0.368. The van der Waals surface area contributed by atoms with Crippen molar-refractivity contribution in [2.75, 3.05) is 6.54 Å². The second kappa shape index (κ2) is 6.36. The van der Waals surface area contributed by atoms with Crippen LogP contribution in [0, 0.1) is 16.0 Å². The van der Waals surface area contributed by atoms with E-state index in [9.17, 15) is 14.9 Å². The number of carbonyl (C=O) groups excluding carboxylic acids is 1. The van der Waals surface area contributed by atoms with Gasteiger partial charge in [-0.25, -0.2) is 0 Å². The van der Waals surface area contributed by atoms with Crippen LogP contribution in [-0.4, -0.2) is 26.6 Å². The van der Waals surface area contributed by atoms with Crippen molar-refractivity contribution < 1.29 is 9.72 Å². The van der Waals surface area contributed by atoms with Crippen LogP contribution in [0.5, 0.6) is 0 Å². The predicted molar refractivity (Wildman–Crippen MR) is 87.8 cm³/mol. The van der Waals surface area contributed by atoms with Gasteiger partial charge in [0.1, 0.15) is 4.32 Å². The van der Waals surface area contributed by atoms with Gasteiger partial charge in [0.25, 0.3) is 11.6 Å². The molecular formula is C14H14N2O3S2. The van der Waals surface area contributed by atoms with Gasteiger partial charge in [0, 0.05) is 18.7 Å². The number of hydrogen-bond donors (Lipinski definition) is 0. The molecule has 0 saturated carbocycles. The Morgan fingerprint density at radius 1 is 1.48 bits per heavy atom. The van der Waals surface area contributed by atoms with Crippen molar-refractivity contribution >= 4 is 46.0 Å². The number of nitro groups is 1. The number of non-ortho nitro benzene ring substituents is 1. The molecule has 2 rings (SSSR count). The van der Waals surface area contributed by atoms with E-state index in [1.165, 1.54) is 23.9 Å². The third-order valence-electron chi connectivity index (χ3n) is 2.80. The van der Waals surface area contributed by atoms with Crippen LogP contribution >= 0.6 is 24.0 Å². The average Bonchev–Trinajstić information content (AvgIpc) is 2.66. The zero-order valence-electron chi connectivity index (χ0n) is 11.6. The Hall–Kier alpha value is -1.73. The Kier molecular flexibility index (Phi) is 4.74. The van der Waals surface area contributed by atoms with E-state index >= 15 is 0 Å². The molecule has 0 spiro atoms. The summed E-state index contributed by atoms with van der Waals surface area (Å²) in [7, 11) is 0. The molecule has 0 bridgehead atoms. The monoisotopic (exact) mass is 322 g/mol. The summed E-state index contributed by atoms with van der Waals surface area (Å²) in [6.45, 7) is 4.61. The lowest BCUT2D eigenvalue weighted by molar-refractivity contribution is -0.384. The molecular weight excluding hydrogens is 308 g/mol. The first-order valence-corrected chi connectivity index (χ1v) is 7.61. The highest BCUT2D eigenvalue weighted by Crippen LogP contribution is 2.33. The zero-order chi connectivity index (χ0) is 15.6. The zero-order valence-corrected chi connectivity index (χ0v) is 13.2. The third-order valence-corrected chi connectivity index (χ3v) is 4.18. The van der Waals surface area contributed by atoms with Gasteiger partial charge in [-0.1, -0.05) is 50.0 Å². The van der Waals surface area contributed by atoms with Crippen LogP contribution in [0.1, 0.15) is 19.4 Å². The van der Waals surface area contributed by atoms with E-state index in [1.807, 2.05) is 13.8 Å². The van der Waals surface area contributed by atoms with Gasteiger partial charge in [0.15, 0.2) is 0 Å². The second-order valence-electron chi connectivity index (χ2n) is 5.04. The number of rotatable bonds is 4. The first-order chi connectivity index (χ1) is 9.88. The van der Waals surface area contributed by atoms with E-state index in [2.05, 4.69) is 0 Å².